The van der Waals surface area contributed by atoms with Crippen LogP contribution in [0.4, 0.5) is 11.6 Å². The molecule has 0 spiro atoms. The van der Waals surface area contributed by atoms with E-state index in [1.807, 2.05) is 50.2 Å². The highest BCUT2D eigenvalue weighted by Gasteiger charge is 2.05. The molecule has 2 aromatic carbocycles. The Morgan fingerprint density at radius 3 is 2.60 bits per heavy atom. The Bertz CT molecular complexity index is 886. The molecule has 0 saturated carbocycles. The molecule has 0 saturated heterocycles. The van der Waals surface area contributed by atoms with Crippen LogP contribution in [0.3, 0.4) is 0 Å². The number of thiocarbonyl (C=S) groups is 1. The number of aryl methyl sites for hydroxylation is 2. The number of anilines is 2. The summed E-state index contributed by atoms with van der Waals surface area (Å²) in [5.74, 6) is 0.448. The Balaban J connectivity index is 1.61. The van der Waals surface area contributed by atoms with Crippen LogP contribution >= 0.6 is 23.8 Å². The van der Waals surface area contributed by atoms with E-state index in [1.165, 1.54) is 11.1 Å². The molecule has 0 fully saturated rings. The quantitative estimate of drug-likeness (QED) is 0.665. The summed E-state index contributed by atoms with van der Waals surface area (Å²) < 4.78 is 1.73. The van der Waals surface area contributed by atoms with Crippen molar-refractivity contribution >= 4 is 40.6 Å². The van der Waals surface area contributed by atoms with Gasteiger partial charge in [-0.1, -0.05) is 29.8 Å². The molecule has 2 N–H and O–H groups in total. The minimum atomic E-state index is 0.448. The third-order valence-corrected chi connectivity index (χ3v) is 3.91. The van der Waals surface area contributed by atoms with Gasteiger partial charge >= 0.3 is 0 Å². The van der Waals surface area contributed by atoms with E-state index in [4.69, 9.17) is 23.8 Å². The van der Waals surface area contributed by atoms with Crippen LogP contribution in [-0.2, 0) is 6.54 Å². The first kappa shape index (κ1) is 17.4. The van der Waals surface area contributed by atoms with Crippen LogP contribution in [-0.4, -0.2) is 19.9 Å². The zero-order valence-corrected chi connectivity index (χ0v) is 15.5. The molecule has 0 atom stereocenters. The lowest BCUT2D eigenvalue weighted by molar-refractivity contribution is 0.687. The number of benzene rings is 2. The lowest BCUT2D eigenvalue weighted by Crippen LogP contribution is -2.20. The maximum Gasteiger partial charge on any atom is 0.248 e. The van der Waals surface area contributed by atoms with Crippen molar-refractivity contribution in [3.63, 3.8) is 0 Å². The summed E-state index contributed by atoms with van der Waals surface area (Å²) in [4.78, 5) is 4.23. The van der Waals surface area contributed by atoms with E-state index in [1.54, 1.807) is 11.0 Å². The van der Waals surface area contributed by atoms with Crippen LogP contribution in [0.15, 0.2) is 48.8 Å². The highest BCUT2D eigenvalue weighted by atomic mass is 35.5. The van der Waals surface area contributed by atoms with Gasteiger partial charge in [-0.2, -0.15) is 0 Å². The molecule has 0 radical (unpaired) electrons. The maximum absolute atomic E-state index is 6.00. The molecule has 3 aromatic rings. The average Bonchev–Trinajstić information content (AvgIpc) is 2.92. The lowest BCUT2D eigenvalue weighted by atomic mass is 10.1. The summed E-state index contributed by atoms with van der Waals surface area (Å²) in [7, 11) is 0. The van der Waals surface area contributed by atoms with Gasteiger partial charge in [-0.15, -0.1) is 5.10 Å². The van der Waals surface area contributed by atoms with Crippen molar-refractivity contribution in [1.82, 2.24) is 14.8 Å². The smallest absolute Gasteiger partial charge is 0.248 e. The van der Waals surface area contributed by atoms with Crippen LogP contribution < -0.4 is 10.6 Å². The first-order chi connectivity index (χ1) is 12.0. The molecule has 1 heterocycles. The second kappa shape index (κ2) is 7.63. The Hall–Kier alpha value is -2.44. The summed E-state index contributed by atoms with van der Waals surface area (Å²) in [6.07, 6.45) is 1.66. The standard InChI is InChI=1S/C18H18ClN5S/c1-12-6-13(2)8-16(7-12)21-18(25)22-17-20-11-24(23-17)10-14-4-3-5-15(19)9-14/h3-9,11H,10H2,1-2H3,(H2,21,22,23,25). The molecular weight excluding hydrogens is 354 g/mol. The molecule has 0 bridgehead atoms. The van der Waals surface area contributed by atoms with Gasteiger partial charge in [-0.25, -0.2) is 9.67 Å². The van der Waals surface area contributed by atoms with Crippen molar-refractivity contribution < 1.29 is 0 Å². The van der Waals surface area contributed by atoms with Crippen molar-refractivity contribution in [2.24, 2.45) is 0 Å². The first-order valence-electron chi connectivity index (χ1n) is 7.78. The maximum atomic E-state index is 6.00. The molecule has 1 aromatic heterocycles. The molecule has 0 aliphatic carbocycles. The molecule has 0 aliphatic heterocycles. The van der Waals surface area contributed by atoms with E-state index < -0.39 is 0 Å². The van der Waals surface area contributed by atoms with Gasteiger partial charge in [0.15, 0.2) is 5.11 Å². The van der Waals surface area contributed by atoms with Crippen LogP contribution in [0.25, 0.3) is 0 Å². The van der Waals surface area contributed by atoms with Gasteiger partial charge in [-0.05, 0) is 67.0 Å². The van der Waals surface area contributed by atoms with Crippen molar-refractivity contribution in [1.29, 1.82) is 0 Å². The van der Waals surface area contributed by atoms with E-state index >= 15 is 0 Å². The largest absolute Gasteiger partial charge is 0.332 e. The third-order valence-electron chi connectivity index (χ3n) is 3.47. The summed E-state index contributed by atoms with van der Waals surface area (Å²) in [5.41, 5.74) is 4.34. The highest BCUT2D eigenvalue weighted by molar-refractivity contribution is 7.80. The van der Waals surface area contributed by atoms with Crippen LogP contribution in [0.2, 0.25) is 5.02 Å². The Morgan fingerprint density at radius 2 is 1.88 bits per heavy atom. The minimum absolute atomic E-state index is 0.448. The Kier molecular flexibility index (Phi) is 5.31. The van der Waals surface area contributed by atoms with Gasteiger partial charge in [0.2, 0.25) is 5.95 Å². The van der Waals surface area contributed by atoms with Crippen molar-refractivity contribution in [3.8, 4) is 0 Å². The number of halogens is 1. The fourth-order valence-corrected chi connectivity index (χ4v) is 2.98. The van der Waals surface area contributed by atoms with Crippen LogP contribution in [0, 0.1) is 13.8 Å². The molecule has 25 heavy (non-hydrogen) atoms. The highest BCUT2D eigenvalue weighted by Crippen LogP contribution is 2.14. The van der Waals surface area contributed by atoms with Gasteiger partial charge in [0.1, 0.15) is 6.33 Å². The zero-order valence-electron chi connectivity index (χ0n) is 14.0. The van der Waals surface area contributed by atoms with Gasteiger partial charge in [-0.3, -0.25) is 5.32 Å². The number of hydrogen-bond acceptors (Lipinski definition) is 3. The Labute approximate surface area is 157 Å². The van der Waals surface area contributed by atoms with Gasteiger partial charge < -0.3 is 5.32 Å². The summed E-state index contributed by atoms with van der Waals surface area (Å²) in [6, 6.07) is 13.8. The lowest BCUT2D eigenvalue weighted by Gasteiger charge is -2.09. The number of aromatic nitrogens is 3. The summed E-state index contributed by atoms with van der Waals surface area (Å²) in [6.45, 7) is 4.69. The van der Waals surface area contributed by atoms with Crippen molar-refractivity contribution in [2.75, 3.05) is 10.6 Å². The van der Waals surface area contributed by atoms with Gasteiger partial charge in [0.05, 0.1) is 6.54 Å². The van der Waals surface area contributed by atoms with E-state index in [0.29, 0.717) is 22.6 Å². The molecule has 7 heteroatoms. The number of nitrogens with one attached hydrogen (secondary N) is 2. The SMILES string of the molecule is Cc1cc(C)cc(NC(=S)Nc2ncn(Cc3cccc(Cl)c3)n2)c1. The molecule has 0 aliphatic rings. The van der Waals surface area contributed by atoms with Crippen LogP contribution in [0.5, 0.6) is 0 Å². The Morgan fingerprint density at radius 1 is 1.12 bits per heavy atom. The summed E-state index contributed by atoms with van der Waals surface area (Å²) >= 11 is 11.3. The second-order valence-corrected chi connectivity index (χ2v) is 6.70. The first-order valence-corrected chi connectivity index (χ1v) is 8.57. The van der Waals surface area contributed by atoms with Gasteiger partial charge in [0, 0.05) is 10.7 Å². The molecule has 3 rings (SSSR count). The van der Waals surface area contributed by atoms with Gasteiger partial charge in [0.25, 0.3) is 0 Å². The number of hydrogen-bond donors (Lipinski definition) is 2. The van der Waals surface area contributed by atoms with E-state index in [9.17, 15) is 0 Å². The van der Waals surface area contributed by atoms with E-state index in [2.05, 4.69) is 26.8 Å². The fourth-order valence-electron chi connectivity index (χ4n) is 2.56. The topological polar surface area (TPSA) is 54.8 Å². The molecule has 0 unspecified atom stereocenters. The monoisotopic (exact) mass is 371 g/mol. The number of nitrogens with zero attached hydrogens (tertiary/aromatic N) is 3. The number of rotatable bonds is 4. The van der Waals surface area contributed by atoms with Crippen molar-refractivity contribution in [2.45, 2.75) is 20.4 Å². The van der Waals surface area contributed by atoms with Crippen LogP contribution in [0.1, 0.15) is 16.7 Å². The minimum Gasteiger partial charge on any atom is -0.332 e. The average molecular weight is 372 g/mol. The third kappa shape index (κ3) is 5.01. The molecular formula is C18H18ClN5S. The van der Waals surface area contributed by atoms with Crippen molar-refractivity contribution in [3.05, 3.63) is 70.5 Å². The molecule has 128 valence electrons. The molecule has 5 nitrogen and oxygen atoms in total. The fraction of sp³-hybridized carbons (Fsp3) is 0.167. The summed E-state index contributed by atoms with van der Waals surface area (Å²) in [5, 5.41) is 11.7. The predicted molar refractivity (Wildman–Crippen MR) is 106 cm³/mol. The predicted octanol–water partition coefficient (Wildman–Crippen LogP) is 4.41. The molecule has 0 amide bonds. The normalized spacial score (nSPS) is 10.5. The second-order valence-electron chi connectivity index (χ2n) is 5.85. The van der Waals surface area contributed by atoms with E-state index in [0.717, 1.165) is 11.3 Å². The zero-order chi connectivity index (χ0) is 17.8. The van der Waals surface area contributed by atoms with E-state index in [-0.39, 0.29) is 0 Å².